The Bertz CT molecular complexity index is 541. The highest BCUT2D eigenvalue weighted by Gasteiger charge is 2.65. The molecule has 2 fully saturated rings. The molecule has 0 spiro atoms. The lowest BCUT2D eigenvalue weighted by atomic mass is 9.70. The van der Waals surface area contributed by atoms with Crippen LogP contribution in [0.15, 0.2) is 12.2 Å². The molecule has 106 valence electrons. The second kappa shape index (κ2) is 3.92. The van der Waals surface area contributed by atoms with E-state index in [1.54, 1.807) is 0 Å². The van der Waals surface area contributed by atoms with Crippen LogP contribution in [0.5, 0.6) is 0 Å². The first kappa shape index (κ1) is 13.3. The molecule has 1 aliphatic heterocycles. The molecule has 0 aromatic carbocycles. The Morgan fingerprint density at radius 3 is 2.42 bits per heavy atom. The molecule has 0 amide bonds. The van der Waals surface area contributed by atoms with Gasteiger partial charge in [0, 0.05) is 24.9 Å². The van der Waals surface area contributed by atoms with Crippen molar-refractivity contribution in [3.05, 3.63) is 12.2 Å². The van der Waals surface area contributed by atoms with Crippen LogP contribution in [0.2, 0.25) is 0 Å². The van der Waals surface area contributed by atoms with E-state index in [-0.39, 0.29) is 17.0 Å². The van der Waals surface area contributed by atoms with E-state index in [9.17, 15) is 13.2 Å². The molecule has 5 heteroatoms. The van der Waals surface area contributed by atoms with E-state index >= 15 is 0 Å². The van der Waals surface area contributed by atoms with Gasteiger partial charge in [0.25, 0.3) is 0 Å². The highest BCUT2D eigenvalue weighted by atomic mass is 32.2. The maximum Gasteiger partial charge on any atom is 0.215 e. The average molecular weight is 283 g/mol. The molecule has 19 heavy (non-hydrogen) atoms. The van der Waals surface area contributed by atoms with Crippen molar-refractivity contribution in [2.45, 2.75) is 33.1 Å². The number of sulfonamides is 1. The number of nitrogens with zero attached hydrogens (tertiary/aromatic N) is 1. The van der Waals surface area contributed by atoms with Crippen molar-refractivity contribution in [1.82, 2.24) is 4.31 Å². The van der Waals surface area contributed by atoms with Crippen LogP contribution in [0.25, 0.3) is 0 Å². The molecule has 0 aromatic rings. The fraction of sp³-hybridized carbons (Fsp3) is 0.786. The Kier molecular flexibility index (Phi) is 2.74. The van der Waals surface area contributed by atoms with Crippen LogP contribution in [0.4, 0.5) is 0 Å². The van der Waals surface area contributed by atoms with E-state index in [4.69, 9.17) is 0 Å². The minimum Gasteiger partial charge on any atom is -0.299 e. The second-order valence-corrected chi connectivity index (χ2v) is 8.68. The van der Waals surface area contributed by atoms with Gasteiger partial charge in [-0.05, 0) is 24.2 Å². The second-order valence-electron chi connectivity index (χ2n) is 6.71. The van der Waals surface area contributed by atoms with Crippen molar-refractivity contribution >= 4 is 15.8 Å². The maximum absolute atomic E-state index is 12.5. The molecule has 0 saturated heterocycles. The number of hydrogen-bond acceptors (Lipinski definition) is 3. The summed E-state index contributed by atoms with van der Waals surface area (Å²) in [6.45, 7) is 5.06. The molecule has 0 N–H and O–H groups in total. The summed E-state index contributed by atoms with van der Waals surface area (Å²) >= 11 is 0. The molecule has 3 rings (SSSR count). The van der Waals surface area contributed by atoms with Crippen LogP contribution >= 0.6 is 0 Å². The lowest BCUT2D eigenvalue weighted by Crippen LogP contribution is -2.46. The predicted octanol–water partition coefficient (Wildman–Crippen LogP) is 1.58. The van der Waals surface area contributed by atoms with Gasteiger partial charge in [-0.2, -0.15) is 4.31 Å². The van der Waals surface area contributed by atoms with Gasteiger partial charge in [-0.1, -0.05) is 26.0 Å². The normalized spacial score (nSPS) is 37.4. The number of Topliss-reactive ketones (excluding diaryl/α,β-unsaturated/α-hetero) is 1. The molecule has 0 aromatic heterocycles. The van der Waals surface area contributed by atoms with Crippen LogP contribution in [-0.4, -0.2) is 37.3 Å². The van der Waals surface area contributed by atoms with E-state index in [1.165, 1.54) is 4.31 Å². The Morgan fingerprint density at radius 1 is 1.32 bits per heavy atom. The quantitative estimate of drug-likeness (QED) is 0.739. The third-order valence-electron chi connectivity index (χ3n) is 5.75. The van der Waals surface area contributed by atoms with Gasteiger partial charge in [-0.25, -0.2) is 8.42 Å². The third-order valence-corrected chi connectivity index (χ3v) is 7.69. The Labute approximate surface area is 114 Å². The van der Waals surface area contributed by atoms with Gasteiger partial charge in [0.15, 0.2) is 0 Å². The van der Waals surface area contributed by atoms with Gasteiger partial charge in [0.05, 0.1) is 5.75 Å². The molecule has 3 aliphatic rings. The van der Waals surface area contributed by atoms with E-state index in [0.717, 1.165) is 12.8 Å². The fourth-order valence-electron chi connectivity index (χ4n) is 4.20. The van der Waals surface area contributed by atoms with Crippen molar-refractivity contribution in [3.8, 4) is 0 Å². The summed E-state index contributed by atoms with van der Waals surface area (Å²) in [4.78, 5) is 12.4. The molecule has 4 nitrogen and oxygen atoms in total. The first-order valence-electron chi connectivity index (χ1n) is 6.96. The SMILES string of the molecule is CC1(C)C2CCC1(CS(=O)(=O)N1CC=CC1)C(=O)C2. The highest BCUT2D eigenvalue weighted by molar-refractivity contribution is 7.89. The highest BCUT2D eigenvalue weighted by Crippen LogP contribution is 2.64. The number of rotatable bonds is 3. The van der Waals surface area contributed by atoms with Gasteiger partial charge < -0.3 is 0 Å². The molecule has 2 saturated carbocycles. The number of carbonyl (C=O) groups is 1. The van der Waals surface area contributed by atoms with Crippen LogP contribution in [0.1, 0.15) is 33.1 Å². The fourth-order valence-corrected chi connectivity index (χ4v) is 6.31. The lowest BCUT2D eigenvalue weighted by Gasteiger charge is -2.37. The van der Waals surface area contributed by atoms with E-state index in [0.29, 0.717) is 25.4 Å². The molecule has 2 unspecified atom stereocenters. The van der Waals surface area contributed by atoms with Gasteiger partial charge in [0.1, 0.15) is 5.78 Å². The Morgan fingerprint density at radius 2 is 1.95 bits per heavy atom. The van der Waals surface area contributed by atoms with Gasteiger partial charge in [-0.3, -0.25) is 4.79 Å². The van der Waals surface area contributed by atoms with Gasteiger partial charge in [0.2, 0.25) is 10.0 Å². The van der Waals surface area contributed by atoms with Crippen LogP contribution in [-0.2, 0) is 14.8 Å². The zero-order chi connectivity index (χ0) is 13.9. The summed E-state index contributed by atoms with van der Waals surface area (Å²) in [5.41, 5.74) is -0.816. The average Bonchev–Trinajstić information content (AvgIpc) is 2.95. The summed E-state index contributed by atoms with van der Waals surface area (Å²) < 4.78 is 26.6. The standard InChI is InChI=1S/C14H21NO3S/c1-13(2)11-5-6-14(13,12(16)9-11)10-19(17,18)15-7-3-4-8-15/h3-4,11H,5-10H2,1-2H3. The number of ketones is 1. The Balaban J connectivity index is 1.92. The van der Waals surface area contributed by atoms with Crippen LogP contribution in [0, 0.1) is 16.7 Å². The van der Waals surface area contributed by atoms with Gasteiger partial charge in [-0.15, -0.1) is 0 Å². The topological polar surface area (TPSA) is 54.5 Å². The number of fused-ring (bicyclic) bond motifs is 2. The molecule has 0 radical (unpaired) electrons. The first-order valence-corrected chi connectivity index (χ1v) is 8.57. The van der Waals surface area contributed by atoms with Crippen molar-refractivity contribution in [3.63, 3.8) is 0 Å². The van der Waals surface area contributed by atoms with E-state index in [2.05, 4.69) is 13.8 Å². The van der Waals surface area contributed by atoms with Crippen molar-refractivity contribution in [2.24, 2.45) is 16.7 Å². The predicted molar refractivity (Wildman–Crippen MR) is 73.1 cm³/mol. The molecule has 2 bridgehead atoms. The van der Waals surface area contributed by atoms with Gasteiger partial charge >= 0.3 is 0 Å². The number of hydrogen-bond donors (Lipinski definition) is 0. The summed E-state index contributed by atoms with van der Waals surface area (Å²) in [7, 11) is -3.34. The minimum absolute atomic E-state index is 0.00398. The summed E-state index contributed by atoms with van der Waals surface area (Å²) in [5.74, 6) is 0.542. The maximum atomic E-state index is 12.5. The number of carbonyl (C=O) groups excluding carboxylic acids is 1. The lowest BCUT2D eigenvalue weighted by molar-refractivity contribution is -0.128. The summed E-state index contributed by atoms with van der Waals surface area (Å²) in [6, 6.07) is 0. The zero-order valence-electron chi connectivity index (χ0n) is 11.6. The molecular weight excluding hydrogens is 262 g/mol. The molecule has 2 aliphatic carbocycles. The van der Waals surface area contributed by atoms with Crippen LogP contribution in [0.3, 0.4) is 0 Å². The van der Waals surface area contributed by atoms with E-state index < -0.39 is 15.4 Å². The van der Waals surface area contributed by atoms with E-state index in [1.807, 2.05) is 12.2 Å². The smallest absolute Gasteiger partial charge is 0.215 e. The molecule has 1 heterocycles. The minimum atomic E-state index is -3.34. The summed E-state index contributed by atoms with van der Waals surface area (Å²) in [5, 5.41) is 0. The first-order chi connectivity index (χ1) is 8.80. The zero-order valence-corrected chi connectivity index (χ0v) is 12.4. The van der Waals surface area contributed by atoms with Crippen LogP contribution < -0.4 is 0 Å². The summed E-state index contributed by atoms with van der Waals surface area (Å²) in [6.07, 6.45) is 6.04. The van der Waals surface area contributed by atoms with Crippen molar-refractivity contribution < 1.29 is 13.2 Å². The molecular formula is C14H21NO3S. The monoisotopic (exact) mass is 283 g/mol. The Hall–Kier alpha value is -0.680. The van der Waals surface area contributed by atoms with Crippen molar-refractivity contribution in [2.75, 3.05) is 18.8 Å². The van der Waals surface area contributed by atoms with Crippen molar-refractivity contribution in [1.29, 1.82) is 0 Å². The third kappa shape index (κ3) is 1.67. The largest absolute Gasteiger partial charge is 0.299 e. The molecule has 2 atom stereocenters.